The van der Waals surface area contributed by atoms with E-state index in [9.17, 15) is 0 Å². The van der Waals surface area contributed by atoms with E-state index in [1.807, 2.05) is 0 Å². The third kappa shape index (κ3) is 8.23. The molecule has 3 heteroatoms. The average molecular weight is 286 g/mol. The molecule has 0 aliphatic rings. The van der Waals surface area contributed by atoms with Gasteiger partial charge in [-0.15, -0.1) is 0 Å². The minimum atomic E-state index is 0.812. The lowest BCUT2D eigenvalue weighted by molar-refractivity contribution is 0.166. The lowest BCUT2D eigenvalue weighted by atomic mass is 10.0. The van der Waals surface area contributed by atoms with Crippen LogP contribution in [0.3, 0.4) is 0 Å². The van der Waals surface area contributed by atoms with Crippen molar-refractivity contribution in [2.24, 2.45) is 5.92 Å². The van der Waals surface area contributed by atoms with Gasteiger partial charge in [-0.3, -0.25) is 0 Å². The Morgan fingerprint density at radius 3 is 1.35 bits per heavy atom. The Morgan fingerprint density at radius 2 is 0.950 bits per heavy atom. The molecule has 20 heavy (non-hydrogen) atoms. The largest absolute Gasteiger partial charge is 0.304 e. The van der Waals surface area contributed by atoms with Crippen molar-refractivity contribution in [3.05, 3.63) is 0 Å². The molecule has 0 spiro atoms. The van der Waals surface area contributed by atoms with Gasteiger partial charge in [0, 0.05) is 26.2 Å². The van der Waals surface area contributed by atoms with E-state index in [1.165, 1.54) is 65.3 Å². The highest BCUT2D eigenvalue weighted by Crippen LogP contribution is 2.08. The molecule has 3 nitrogen and oxygen atoms in total. The summed E-state index contributed by atoms with van der Waals surface area (Å²) in [6, 6.07) is 0. The molecular weight excluding hydrogens is 246 g/mol. The molecule has 0 saturated heterocycles. The molecule has 0 radical (unpaired) electrons. The zero-order chi connectivity index (χ0) is 15.4. The first-order chi connectivity index (χ1) is 9.64. The van der Waals surface area contributed by atoms with Gasteiger partial charge in [-0.1, -0.05) is 48.0 Å². The maximum absolute atomic E-state index is 2.63. The Labute approximate surface area is 128 Å². The maximum atomic E-state index is 2.63. The highest BCUT2D eigenvalue weighted by Gasteiger charge is 2.14. The first-order valence-electron chi connectivity index (χ1n) is 8.81. The summed E-state index contributed by atoms with van der Waals surface area (Å²) < 4.78 is 0. The van der Waals surface area contributed by atoms with Crippen LogP contribution in [0.4, 0.5) is 0 Å². The van der Waals surface area contributed by atoms with Crippen molar-refractivity contribution in [2.45, 2.75) is 48.0 Å². The van der Waals surface area contributed by atoms with Crippen LogP contribution >= 0.6 is 0 Å². The van der Waals surface area contributed by atoms with Crippen molar-refractivity contribution in [1.29, 1.82) is 0 Å². The molecule has 0 aliphatic carbocycles. The highest BCUT2D eigenvalue weighted by atomic mass is 15.2. The second kappa shape index (κ2) is 12.6. The van der Waals surface area contributed by atoms with Crippen molar-refractivity contribution in [3.63, 3.8) is 0 Å². The lowest BCUT2D eigenvalue weighted by Crippen LogP contribution is -2.40. The summed E-state index contributed by atoms with van der Waals surface area (Å²) in [5, 5.41) is 0. The molecule has 0 saturated carbocycles. The van der Waals surface area contributed by atoms with Crippen LogP contribution in [0.5, 0.6) is 0 Å². The van der Waals surface area contributed by atoms with Crippen LogP contribution in [0.25, 0.3) is 0 Å². The first-order valence-corrected chi connectivity index (χ1v) is 8.81. The molecule has 0 heterocycles. The molecule has 1 unspecified atom stereocenters. The van der Waals surface area contributed by atoms with Crippen molar-refractivity contribution in [1.82, 2.24) is 14.7 Å². The Hall–Kier alpha value is -0.120. The minimum Gasteiger partial charge on any atom is -0.304 e. The summed E-state index contributed by atoms with van der Waals surface area (Å²) in [6.07, 6.45) is 1.29. The van der Waals surface area contributed by atoms with Gasteiger partial charge < -0.3 is 14.7 Å². The van der Waals surface area contributed by atoms with Gasteiger partial charge in [0.2, 0.25) is 0 Å². The van der Waals surface area contributed by atoms with E-state index in [2.05, 4.69) is 56.2 Å². The first kappa shape index (κ1) is 19.9. The van der Waals surface area contributed by atoms with Gasteiger partial charge in [-0.2, -0.15) is 0 Å². The molecule has 0 amide bonds. The zero-order valence-corrected chi connectivity index (χ0v) is 15.0. The van der Waals surface area contributed by atoms with Crippen molar-refractivity contribution in [2.75, 3.05) is 58.9 Å². The van der Waals surface area contributed by atoms with E-state index in [0.29, 0.717) is 0 Å². The smallest absolute Gasteiger partial charge is 0.0109 e. The molecule has 0 aromatic carbocycles. The van der Waals surface area contributed by atoms with Gasteiger partial charge in [0.25, 0.3) is 0 Å². The van der Waals surface area contributed by atoms with E-state index in [0.717, 1.165) is 5.92 Å². The third-order valence-corrected chi connectivity index (χ3v) is 4.58. The number of hydrogen-bond acceptors (Lipinski definition) is 3. The van der Waals surface area contributed by atoms with E-state index >= 15 is 0 Å². The van der Waals surface area contributed by atoms with Crippen molar-refractivity contribution >= 4 is 0 Å². The fourth-order valence-electron chi connectivity index (χ4n) is 2.73. The molecule has 0 aromatic heterocycles. The number of rotatable bonds is 13. The van der Waals surface area contributed by atoms with Crippen molar-refractivity contribution < 1.29 is 0 Å². The van der Waals surface area contributed by atoms with Gasteiger partial charge >= 0.3 is 0 Å². The minimum absolute atomic E-state index is 0.812. The number of likely N-dealkylation sites (N-methyl/N-ethyl adjacent to an activating group) is 2. The topological polar surface area (TPSA) is 9.72 Å². The van der Waals surface area contributed by atoms with Crippen LogP contribution in [0.2, 0.25) is 0 Å². The highest BCUT2D eigenvalue weighted by molar-refractivity contribution is 4.69. The predicted octanol–water partition coefficient (Wildman–Crippen LogP) is 3.02. The van der Waals surface area contributed by atoms with Crippen LogP contribution in [0, 0.1) is 5.92 Å². The summed E-state index contributed by atoms with van der Waals surface area (Å²) in [5.74, 6) is 0.812. The molecule has 0 aromatic rings. The van der Waals surface area contributed by atoms with Crippen LogP contribution in [-0.2, 0) is 0 Å². The van der Waals surface area contributed by atoms with Crippen LogP contribution in [0.15, 0.2) is 0 Å². The Morgan fingerprint density at radius 1 is 0.550 bits per heavy atom. The molecule has 0 N–H and O–H groups in total. The van der Waals surface area contributed by atoms with Crippen LogP contribution < -0.4 is 0 Å². The standard InChI is InChI=1S/C17H39N3/c1-7-17(15-19(10-4)11-5)16-20(12-6)14-13-18(8-2)9-3/h17H,7-16H2,1-6H3. The number of hydrogen-bond donors (Lipinski definition) is 0. The second-order valence-electron chi connectivity index (χ2n) is 5.68. The fraction of sp³-hybridized carbons (Fsp3) is 1.00. The SMILES string of the molecule is CCC(CN(CC)CC)CN(CC)CCN(CC)CC. The Balaban J connectivity index is 4.22. The molecule has 0 fully saturated rings. The third-order valence-electron chi connectivity index (χ3n) is 4.58. The van der Waals surface area contributed by atoms with Gasteiger partial charge in [0.15, 0.2) is 0 Å². The monoisotopic (exact) mass is 285 g/mol. The predicted molar refractivity (Wildman–Crippen MR) is 91.5 cm³/mol. The van der Waals surface area contributed by atoms with Gasteiger partial charge in [-0.05, 0) is 38.6 Å². The molecule has 0 bridgehead atoms. The van der Waals surface area contributed by atoms with E-state index in [4.69, 9.17) is 0 Å². The van der Waals surface area contributed by atoms with Crippen LogP contribution in [0.1, 0.15) is 48.0 Å². The summed E-state index contributed by atoms with van der Waals surface area (Å²) >= 11 is 0. The molecule has 122 valence electrons. The van der Waals surface area contributed by atoms with Gasteiger partial charge in [0.1, 0.15) is 0 Å². The molecular formula is C17H39N3. The quantitative estimate of drug-likeness (QED) is 0.515. The van der Waals surface area contributed by atoms with Crippen LogP contribution in [-0.4, -0.2) is 73.6 Å². The Kier molecular flexibility index (Phi) is 12.5. The summed E-state index contributed by atoms with van der Waals surface area (Å²) in [4.78, 5) is 7.72. The molecule has 0 aliphatic heterocycles. The summed E-state index contributed by atoms with van der Waals surface area (Å²) in [6.45, 7) is 24.5. The fourth-order valence-corrected chi connectivity index (χ4v) is 2.73. The normalized spacial score (nSPS) is 13.7. The zero-order valence-electron chi connectivity index (χ0n) is 15.0. The maximum Gasteiger partial charge on any atom is 0.0109 e. The Bertz CT molecular complexity index is 200. The lowest BCUT2D eigenvalue weighted by Gasteiger charge is -2.31. The van der Waals surface area contributed by atoms with Gasteiger partial charge in [0.05, 0.1) is 0 Å². The second-order valence-corrected chi connectivity index (χ2v) is 5.68. The van der Waals surface area contributed by atoms with E-state index in [-0.39, 0.29) is 0 Å². The van der Waals surface area contributed by atoms with E-state index < -0.39 is 0 Å². The summed E-state index contributed by atoms with van der Waals surface area (Å²) in [5.41, 5.74) is 0. The van der Waals surface area contributed by atoms with E-state index in [1.54, 1.807) is 0 Å². The average Bonchev–Trinajstić information content (AvgIpc) is 2.50. The number of nitrogens with zero attached hydrogens (tertiary/aromatic N) is 3. The summed E-state index contributed by atoms with van der Waals surface area (Å²) in [7, 11) is 0. The molecule has 0 rings (SSSR count). The van der Waals surface area contributed by atoms with Crippen molar-refractivity contribution in [3.8, 4) is 0 Å². The molecule has 1 atom stereocenters. The van der Waals surface area contributed by atoms with Gasteiger partial charge in [-0.25, -0.2) is 0 Å².